The Kier molecular flexibility index (Phi) is 7.10. The first kappa shape index (κ1) is 19.3. The van der Waals surface area contributed by atoms with Gasteiger partial charge in [0.25, 0.3) is 0 Å². The maximum Gasteiger partial charge on any atom is 0.240 e. The summed E-state index contributed by atoms with van der Waals surface area (Å²) in [5.41, 5.74) is 5.88. The van der Waals surface area contributed by atoms with Crippen molar-refractivity contribution in [2.45, 2.75) is 44.0 Å². The lowest BCUT2D eigenvalue weighted by molar-refractivity contribution is 0.391. The quantitative estimate of drug-likeness (QED) is 0.843. The van der Waals surface area contributed by atoms with E-state index in [-0.39, 0.29) is 23.8 Å². The van der Waals surface area contributed by atoms with Crippen molar-refractivity contribution in [2.75, 3.05) is 6.54 Å². The number of nitrogens with one attached hydrogen (secondary N) is 1. The Balaban J connectivity index is 0.00000361. The van der Waals surface area contributed by atoms with Gasteiger partial charge in [-0.3, -0.25) is 0 Å². The molecule has 0 heterocycles. The summed E-state index contributed by atoms with van der Waals surface area (Å²) >= 11 is 0. The lowest BCUT2D eigenvalue weighted by Gasteiger charge is -2.26. The Morgan fingerprint density at radius 2 is 1.85 bits per heavy atom. The topological polar surface area (TPSA) is 72.2 Å². The van der Waals surface area contributed by atoms with Crippen molar-refractivity contribution >= 4 is 22.4 Å². The third-order valence-corrected chi connectivity index (χ3v) is 5.01. The molecule has 0 amide bonds. The van der Waals surface area contributed by atoms with Crippen LogP contribution in [-0.4, -0.2) is 20.5 Å². The van der Waals surface area contributed by atoms with Crippen molar-refractivity contribution in [3.63, 3.8) is 0 Å². The van der Waals surface area contributed by atoms with Gasteiger partial charge < -0.3 is 5.73 Å². The molecule has 0 saturated carbocycles. The van der Waals surface area contributed by atoms with Crippen LogP contribution in [0.5, 0.6) is 0 Å². The van der Waals surface area contributed by atoms with Crippen molar-refractivity contribution in [3.8, 4) is 0 Å². The van der Waals surface area contributed by atoms with E-state index in [9.17, 15) is 12.8 Å². The number of hydrogen-bond donors (Lipinski definition) is 2. The van der Waals surface area contributed by atoms with E-state index < -0.39 is 21.4 Å². The number of sulfonamides is 1. The molecular weight excluding hydrogens is 303 g/mol. The van der Waals surface area contributed by atoms with E-state index in [1.807, 2.05) is 13.8 Å². The number of rotatable bonds is 6. The first-order valence-corrected chi connectivity index (χ1v) is 7.77. The van der Waals surface area contributed by atoms with Crippen molar-refractivity contribution in [1.29, 1.82) is 0 Å². The minimum Gasteiger partial charge on any atom is -0.324 e. The van der Waals surface area contributed by atoms with Crippen LogP contribution in [0.25, 0.3) is 0 Å². The van der Waals surface area contributed by atoms with Crippen LogP contribution >= 0.6 is 12.4 Å². The minimum atomic E-state index is -3.66. The Morgan fingerprint density at radius 1 is 1.30 bits per heavy atom. The van der Waals surface area contributed by atoms with E-state index in [1.165, 1.54) is 12.1 Å². The van der Waals surface area contributed by atoms with Gasteiger partial charge in [-0.1, -0.05) is 13.8 Å². The zero-order valence-electron chi connectivity index (χ0n) is 11.9. The van der Waals surface area contributed by atoms with Gasteiger partial charge in [0.05, 0.1) is 4.90 Å². The summed E-state index contributed by atoms with van der Waals surface area (Å²) in [5.74, 6) is -0.452. The molecule has 0 saturated heterocycles. The summed E-state index contributed by atoms with van der Waals surface area (Å²) in [4.78, 5) is 0.0865. The summed E-state index contributed by atoms with van der Waals surface area (Å²) in [6, 6.07) is 3.60. The van der Waals surface area contributed by atoms with Crippen molar-refractivity contribution in [3.05, 3.63) is 29.6 Å². The van der Waals surface area contributed by atoms with Gasteiger partial charge in [-0.05, 0) is 43.5 Å². The highest BCUT2D eigenvalue weighted by Gasteiger charge is 2.24. The van der Waals surface area contributed by atoms with Crippen LogP contribution in [0.2, 0.25) is 0 Å². The average molecular weight is 325 g/mol. The van der Waals surface area contributed by atoms with Crippen molar-refractivity contribution < 1.29 is 12.8 Å². The zero-order valence-corrected chi connectivity index (χ0v) is 13.6. The van der Waals surface area contributed by atoms with Gasteiger partial charge in [-0.25, -0.2) is 17.5 Å². The van der Waals surface area contributed by atoms with Gasteiger partial charge in [0, 0.05) is 12.1 Å². The van der Waals surface area contributed by atoms with Gasteiger partial charge in [0.15, 0.2) is 0 Å². The number of nitrogens with two attached hydrogens (primary N) is 1. The fourth-order valence-electron chi connectivity index (χ4n) is 1.73. The van der Waals surface area contributed by atoms with Crippen molar-refractivity contribution in [1.82, 2.24) is 4.72 Å². The molecule has 0 aromatic heterocycles. The molecule has 0 fully saturated rings. The van der Waals surface area contributed by atoms with Crippen LogP contribution in [0, 0.1) is 12.7 Å². The fourth-order valence-corrected chi connectivity index (χ4v) is 3.09. The van der Waals surface area contributed by atoms with E-state index in [1.54, 1.807) is 6.92 Å². The highest BCUT2D eigenvalue weighted by atomic mass is 35.5. The smallest absolute Gasteiger partial charge is 0.240 e. The fraction of sp³-hybridized carbons (Fsp3) is 0.538. The molecule has 3 N–H and O–H groups in total. The molecule has 116 valence electrons. The van der Waals surface area contributed by atoms with Gasteiger partial charge >= 0.3 is 0 Å². The monoisotopic (exact) mass is 324 g/mol. The Labute approximate surface area is 126 Å². The van der Waals surface area contributed by atoms with Crippen LogP contribution in [-0.2, 0) is 10.0 Å². The molecule has 0 aliphatic carbocycles. The van der Waals surface area contributed by atoms with Gasteiger partial charge in [0.1, 0.15) is 5.82 Å². The van der Waals surface area contributed by atoms with Gasteiger partial charge in [-0.15, -0.1) is 12.4 Å². The Hall–Kier alpha value is -0.690. The molecule has 0 unspecified atom stereocenters. The van der Waals surface area contributed by atoms with Crippen LogP contribution < -0.4 is 10.5 Å². The summed E-state index contributed by atoms with van der Waals surface area (Å²) < 4.78 is 39.8. The third kappa shape index (κ3) is 4.70. The zero-order chi connectivity index (χ0) is 14.7. The SMILES string of the molecule is CCC(N)(CC)CNS(=O)(=O)c1ccc(F)cc1C.Cl. The molecule has 7 heteroatoms. The van der Waals surface area contributed by atoms with Crippen LogP contribution in [0.4, 0.5) is 4.39 Å². The molecule has 1 rings (SSSR count). The minimum absolute atomic E-state index is 0. The van der Waals surface area contributed by atoms with Gasteiger partial charge in [-0.2, -0.15) is 0 Å². The molecule has 0 bridgehead atoms. The van der Waals surface area contributed by atoms with Gasteiger partial charge in [0.2, 0.25) is 10.0 Å². The third-order valence-electron chi connectivity index (χ3n) is 3.45. The molecule has 4 nitrogen and oxygen atoms in total. The molecule has 20 heavy (non-hydrogen) atoms. The van der Waals surface area contributed by atoms with Crippen LogP contribution in [0.3, 0.4) is 0 Å². The summed E-state index contributed by atoms with van der Waals surface area (Å²) in [6.07, 6.45) is 1.35. The number of benzene rings is 1. The number of aryl methyl sites for hydroxylation is 1. The van der Waals surface area contributed by atoms with Crippen LogP contribution in [0.15, 0.2) is 23.1 Å². The maximum absolute atomic E-state index is 13.0. The molecule has 0 radical (unpaired) electrons. The molecular formula is C13H22ClFN2O2S. The molecule has 1 aromatic carbocycles. The van der Waals surface area contributed by atoms with E-state index in [2.05, 4.69) is 4.72 Å². The second-order valence-corrected chi connectivity index (χ2v) is 6.54. The summed E-state index contributed by atoms with van der Waals surface area (Å²) in [6.45, 7) is 5.56. The predicted octanol–water partition coefficient (Wildman–Crippen LogP) is 2.35. The van der Waals surface area contributed by atoms with E-state index >= 15 is 0 Å². The molecule has 0 atom stereocenters. The first-order chi connectivity index (χ1) is 8.74. The average Bonchev–Trinajstić information content (AvgIpc) is 2.35. The predicted molar refractivity (Wildman–Crippen MR) is 81.1 cm³/mol. The Bertz CT molecular complexity index is 545. The molecule has 0 aliphatic heterocycles. The Morgan fingerprint density at radius 3 is 2.30 bits per heavy atom. The largest absolute Gasteiger partial charge is 0.324 e. The lowest BCUT2D eigenvalue weighted by Crippen LogP contribution is -2.49. The first-order valence-electron chi connectivity index (χ1n) is 6.29. The summed E-state index contributed by atoms with van der Waals surface area (Å²) in [7, 11) is -3.66. The molecule has 1 aromatic rings. The van der Waals surface area contributed by atoms with Crippen LogP contribution in [0.1, 0.15) is 32.3 Å². The molecule has 0 spiro atoms. The van der Waals surface area contributed by atoms with E-state index in [0.29, 0.717) is 18.4 Å². The maximum atomic E-state index is 13.0. The second-order valence-electron chi connectivity index (χ2n) is 4.80. The normalized spacial score (nSPS) is 12.1. The number of halogens is 2. The highest BCUT2D eigenvalue weighted by molar-refractivity contribution is 7.89. The second kappa shape index (κ2) is 7.36. The van der Waals surface area contributed by atoms with E-state index in [0.717, 1.165) is 6.07 Å². The standard InChI is InChI=1S/C13H21FN2O2S.ClH/c1-4-13(15,5-2)9-16-19(17,18)12-7-6-11(14)8-10(12)3;/h6-8,16H,4-5,9,15H2,1-3H3;1H. The lowest BCUT2D eigenvalue weighted by atomic mass is 9.95. The summed E-state index contributed by atoms with van der Waals surface area (Å²) in [5, 5.41) is 0. The number of hydrogen-bond acceptors (Lipinski definition) is 3. The molecule has 0 aliphatic rings. The highest BCUT2D eigenvalue weighted by Crippen LogP contribution is 2.17. The van der Waals surface area contributed by atoms with E-state index in [4.69, 9.17) is 5.73 Å². The van der Waals surface area contributed by atoms with Crippen molar-refractivity contribution in [2.24, 2.45) is 5.73 Å².